The van der Waals surface area contributed by atoms with Crippen LogP contribution < -0.4 is 20.3 Å². The number of aromatic nitrogens is 2. The van der Waals surface area contributed by atoms with Gasteiger partial charge < -0.3 is 14.8 Å². The van der Waals surface area contributed by atoms with Gasteiger partial charge in [0, 0.05) is 17.3 Å². The van der Waals surface area contributed by atoms with Crippen LogP contribution in [0.5, 0.6) is 11.5 Å². The molecule has 1 N–H and O–H groups in total. The number of hydrogen-bond acceptors (Lipinski definition) is 5. The van der Waals surface area contributed by atoms with E-state index < -0.39 is 6.04 Å². The summed E-state index contributed by atoms with van der Waals surface area (Å²) >= 11 is 0. The lowest BCUT2D eigenvalue weighted by atomic mass is 10.1. The number of carbonyl (C=O) groups excluding carboxylic acids is 1. The van der Waals surface area contributed by atoms with E-state index in [9.17, 15) is 9.59 Å². The van der Waals surface area contributed by atoms with Gasteiger partial charge in [-0.2, -0.15) is 5.10 Å². The average Bonchev–Trinajstić information content (AvgIpc) is 3.18. The fourth-order valence-electron chi connectivity index (χ4n) is 3.13. The first-order chi connectivity index (χ1) is 13.9. The van der Waals surface area contributed by atoms with E-state index in [1.807, 2.05) is 38.1 Å². The van der Waals surface area contributed by atoms with Crippen molar-refractivity contribution >= 4 is 11.6 Å². The first-order valence-corrected chi connectivity index (χ1v) is 9.30. The van der Waals surface area contributed by atoms with Crippen molar-refractivity contribution in [3.05, 3.63) is 70.0 Å². The van der Waals surface area contributed by atoms with Crippen LogP contribution in [0.2, 0.25) is 0 Å². The van der Waals surface area contributed by atoms with Crippen LogP contribution in [0.4, 0.5) is 5.69 Å². The molecule has 7 heteroatoms. The fraction of sp³-hybridized carbons (Fsp3) is 0.227. The van der Waals surface area contributed by atoms with Gasteiger partial charge in [-0.3, -0.25) is 9.59 Å². The number of nitrogens with zero attached hydrogens (tertiary/aromatic N) is 2. The molecule has 0 saturated heterocycles. The smallest absolute Gasteiger partial charge is 0.267 e. The van der Waals surface area contributed by atoms with Crippen molar-refractivity contribution in [1.82, 2.24) is 9.78 Å². The second-order valence-electron chi connectivity index (χ2n) is 7.05. The average molecular weight is 391 g/mol. The van der Waals surface area contributed by atoms with Crippen molar-refractivity contribution in [3.8, 4) is 22.8 Å². The van der Waals surface area contributed by atoms with Crippen molar-refractivity contribution in [3.63, 3.8) is 0 Å². The number of carbonyl (C=O) groups is 1. The first kappa shape index (κ1) is 18.7. The van der Waals surface area contributed by atoms with Gasteiger partial charge in [0.2, 0.25) is 12.7 Å². The molecule has 1 aliphatic rings. The Hall–Kier alpha value is -3.61. The number of fused-ring (bicyclic) bond motifs is 1. The Kier molecular flexibility index (Phi) is 4.80. The Labute approximate surface area is 167 Å². The maximum absolute atomic E-state index is 12.8. The molecule has 2 heterocycles. The molecule has 3 aromatic rings. The summed E-state index contributed by atoms with van der Waals surface area (Å²) < 4.78 is 11.9. The lowest BCUT2D eigenvalue weighted by Gasteiger charge is -2.16. The highest BCUT2D eigenvalue weighted by Gasteiger charge is 2.20. The quantitative estimate of drug-likeness (QED) is 0.737. The molecule has 7 nitrogen and oxygen atoms in total. The number of benzene rings is 2. The third-order valence-corrected chi connectivity index (χ3v) is 4.89. The molecule has 2 aromatic carbocycles. The summed E-state index contributed by atoms with van der Waals surface area (Å²) in [5.41, 5.74) is 3.70. The minimum Gasteiger partial charge on any atom is -0.454 e. The maximum atomic E-state index is 12.8. The minimum atomic E-state index is -0.781. The molecule has 0 spiro atoms. The zero-order valence-corrected chi connectivity index (χ0v) is 16.4. The molecule has 0 aliphatic carbocycles. The van der Waals surface area contributed by atoms with Gasteiger partial charge in [0.25, 0.3) is 5.56 Å². The van der Waals surface area contributed by atoms with Crippen LogP contribution in [0.3, 0.4) is 0 Å². The van der Waals surface area contributed by atoms with Crippen molar-refractivity contribution < 1.29 is 14.3 Å². The highest BCUT2D eigenvalue weighted by molar-refractivity contribution is 5.94. The minimum absolute atomic E-state index is 0.182. The van der Waals surface area contributed by atoms with Crippen LogP contribution in [-0.4, -0.2) is 22.5 Å². The SMILES string of the molecule is Cc1ccc(C)c(NC(=O)C(C)n2nc(-c3ccc4c(c3)OCO4)ccc2=O)c1. The summed E-state index contributed by atoms with van der Waals surface area (Å²) in [5, 5.41) is 7.31. The highest BCUT2D eigenvalue weighted by Crippen LogP contribution is 2.35. The molecule has 148 valence electrons. The Balaban J connectivity index is 1.62. The lowest BCUT2D eigenvalue weighted by Crippen LogP contribution is -2.33. The van der Waals surface area contributed by atoms with Gasteiger partial charge in [-0.25, -0.2) is 4.68 Å². The topological polar surface area (TPSA) is 82.5 Å². The van der Waals surface area contributed by atoms with Crippen molar-refractivity contribution in [2.24, 2.45) is 0 Å². The Morgan fingerprint density at radius 3 is 2.69 bits per heavy atom. The van der Waals surface area contributed by atoms with E-state index in [2.05, 4.69) is 10.4 Å². The number of hydrogen-bond donors (Lipinski definition) is 1. The van der Waals surface area contributed by atoms with E-state index in [1.165, 1.54) is 10.7 Å². The predicted molar refractivity (Wildman–Crippen MR) is 109 cm³/mol. The molecule has 1 atom stereocenters. The molecule has 0 saturated carbocycles. The largest absolute Gasteiger partial charge is 0.454 e. The normalized spacial score (nSPS) is 13.2. The van der Waals surface area contributed by atoms with Gasteiger partial charge in [-0.1, -0.05) is 12.1 Å². The monoisotopic (exact) mass is 391 g/mol. The Morgan fingerprint density at radius 1 is 1.07 bits per heavy atom. The van der Waals surface area contributed by atoms with E-state index >= 15 is 0 Å². The first-order valence-electron chi connectivity index (χ1n) is 9.30. The summed E-state index contributed by atoms with van der Waals surface area (Å²) in [6.07, 6.45) is 0. The second kappa shape index (κ2) is 7.43. The van der Waals surface area contributed by atoms with Crippen LogP contribution in [0.1, 0.15) is 24.1 Å². The van der Waals surface area contributed by atoms with Gasteiger partial charge in [0.05, 0.1) is 5.69 Å². The summed E-state index contributed by atoms with van der Waals surface area (Å²) in [6.45, 7) is 5.71. The standard InChI is InChI=1S/C22H21N3O4/c1-13-4-5-14(2)18(10-13)23-22(27)15(3)25-21(26)9-7-17(24-25)16-6-8-19-20(11-16)29-12-28-19/h4-11,15H,12H2,1-3H3,(H,23,27). The van der Waals surface area contributed by atoms with Crippen molar-refractivity contribution in [1.29, 1.82) is 0 Å². The van der Waals surface area contributed by atoms with Gasteiger partial charge in [-0.15, -0.1) is 0 Å². The van der Waals surface area contributed by atoms with E-state index in [-0.39, 0.29) is 18.3 Å². The number of amides is 1. The maximum Gasteiger partial charge on any atom is 0.267 e. The van der Waals surface area contributed by atoms with Crippen LogP contribution in [0, 0.1) is 13.8 Å². The van der Waals surface area contributed by atoms with Gasteiger partial charge in [-0.05, 0) is 62.2 Å². The van der Waals surface area contributed by atoms with Crippen LogP contribution >= 0.6 is 0 Å². The number of ether oxygens (including phenoxy) is 2. The van der Waals surface area contributed by atoms with E-state index in [0.717, 1.165) is 22.4 Å². The third-order valence-electron chi connectivity index (χ3n) is 4.89. The van der Waals surface area contributed by atoms with E-state index in [1.54, 1.807) is 25.1 Å². The molecular formula is C22H21N3O4. The molecule has 1 aliphatic heterocycles. The number of nitrogens with one attached hydrogen (secondary N) is 1. The summed E-state index contributed by atoms with van der Waals surface area (Å²) in [5.74, 6) is 0.988. The molecule has 0 fully saturated rings. The van der Waals surface area contributed by atoms with Crippen LogP contribution in [0.25, 0.3) is 11.3 Å². The second-order valence-corrected chi connectivity index (χ2v) is 7.05. The molecule has 0 radical (unpaired) electrons. The van der Waals surface area contributed by atoms with Gasteiger partial charge in [0.15, 0.2) is 11.5 Å². The molecule has 1 amide bonds. The third kappa shape index (κ3) is 3.71. The van der Waals surface area contributed by atoms with E-state index in [4.69, 9.17) is 9.47 Å². The zero-order chi connectivity index (χ0) is 20.5. The summed E-state index contributed by atoms with van der Waals surface area (Å²) in [7, 11) is 0. The van der Waals surface area contributed by atoms with Crippen LogP contribution in [0.15, 0.2) is 53.3 Å². The molecule has 0 bridgehead atoms. The predicted octanol–water partition coefficient (Wildman–Crippen LogP) is 3.46. The van der Waals surface area contributed by atoms with Crippen molar-refractivity contribution in [2.45, 2.75) is 26.8 Å². The molecule has 4 rings (SSSR count). The fourth-order valence-corrected chi connectivity index (χ4v) is 3.13. The number of aryl methyl sites for hydroxylation is 2. The van der Waals surface area contributed by atoms with Gasteiger partial charge >= 0.3 is 0 Å². The van der Waals surface area contributed by atoms with Crippen molar-refractivity contribution in [2.75, 3.05) is 12.1 Å². The number of anilines is 1. The van der Waals surface area contributed by atoms with E-state index in [0.29, 0.717) is 17.2 Å². The van der Waals surface area contributed by atoms with Gasteiger partial charge in [0.1, 0.15) is 6.04 Å². The summed E-state index contributed by atoms with van der Waals surface area (Å²) in [6, 6.07) is 13.5. The van der Waals surface area contributed by atoms with Crippen LogP contribution in [-0.2, 0) is 4.79 Å². The Bertz CT molecular complexity index is 1150. The molecule has 1 unspecified atom stereocenters. The number of rotatable bonds is 4. The molecule has 1 aromatic heterocycles. The highest BCUT2D eigenvalue weighted by atomic mass is 16.7. The zero-order valence-electron chi connectivity index (χ0n) is 16.4. The summed E-state index contributed by atoms with van der Waals surface area (Å²) in [4.78, 5) is 25.2. The molecular weight excluding hydrogens is 370 g/mol. The lowest BCUT2D eigenvalue weighted by molar-refractivity contribution is -0.119. The Morgan fingerprint density at radius 2 is 1.86 bits per heavy atom. The molecule has 29 heavy (non-hydrogen) atoms.